The number of benzene rings is 2. The number of anilines is 2. The van der Waals surface area contributed by atoms with Crippen LogP contribution < -0.4 is 9.62 Å². The van der Waals surface area contributed by atoms with Gasteiger partial charge in [-0.25, -0.2) is 17.5 Å². The Hall–Kier alpha value is -2.91. The van der Waals surface area contributed by atoms with E-state index in [1.807, 2.05) is 0 Å². The Morgan fingerprint density at radius 1 is 1.15 bits per heavy atom. The molecule has 0 atom stereocenters. The van der Waals surface area contributed by atoms with Crippen molar-refractivity contribution >= 4 is 50.8 Å². The van der Waals surface area contributed by atoms with Crippen LogP contribution in [0, 0.1) is 0 Å². The van der Waals surface area contributed by atoms with E-state index in [1.165, 1.54) is 42.5 Å². The van der Waals surface area contributed by atoms with Gasteiger partial charge < -0.3 is 10.4 Å². The van der Waals surface area contributed by atoms with E-state index in [0.717, 1.165) is 0 Å². The van der Waals surface area contributed by atoms with Gasteiger partial charge in [-0.05, 0) is 36.4 Å². The zero-order valence-corrected chi connectivity index (χ0v) is 15.2. The van der Waals surface area contributed by atoms with E-state index in [0.29, 0.717) is 4.31 Å². The van der Waals surface area contributed by atoms with Crippen molar-refractivity contribution in [3.63, 3.8) is 0 Å². The molecular weight excluding hydrogens is 396 g/mol. The molecule has 1 saturated heterocycles. The number of nitrogens with one attached hydrogen (secondary N) is 1. The Morgan fingerprint density at radius 3 is 2.52 bits per heavy atom. The first-order chi connectivity index (χ1) is 12.7. The molecule has 0 aliphatic carbocycles. The van der Waals surface area contributed by atoms with E-state index < -0.39 is 27.8 Å². The van der Waals surface area contributed by atoms with Crippen LogP contribution in [0.3, 0.4) is 0 Å². The van der Waals surface area contributed by atoms with E-state index in [-0.39, 0.29) is 39.7 Å². The Kier molecular flexibility index (Phi) is 4.90. The zero-order chi connectivity index (χ0) is 19.8. The first-order valence-electron chi connectivity index (χ1n) is 7.69. The van der Waals surface area contributed by atoms with Gasteiger partial charge in [0.15, 0.2) is 0 Å². The highest BCUT2D eigenvalue weighted by Gasteiger charge is 2.36. The number of hydrogen-bond acceptors (Lipinski definition) is 5. The fraction of sp³-hybridized carbons (Fsp3) is 0.118. The lowest BCUT2D eigenvalue weighted by Gasteiger charge is -2.16. The van der Waals surface area contributed by atoms with Gasteiger partial charge in [0.1, 0.15) is 0 Å². The minimum absolute atomic E-state index is 0.0126. The summed E-state index contributed by atoms with van der Waals surface area (Å²) in [4.78, 5) is 35.5. The average Bonchev–Trinajstić information content (AvgIpc) is 2.88. The third-order valence-corrected chi connectivity index (χ3v) is 5.90. The van der Waals surface area contributed by atoms with Crippen LogP contribution in [0.15, 0.2) is 42.5 Å². The van der Waals surface area contributed by atoms with Crippen molar-refractivity contribution in [3.05, 3.63) is 58.6 Å². The Bertz CT molecular complexity index is 1070. The minimum atomic E-state index is -3.77. The average molecular weight is 409 g/mol. The van der Waals surface area contributed by atoms with Crippen molar-refractivity contribution in [2.24, 2.45) is 0 Å². The SMILES string of the molecule is O=C(O)c1cccc(NC(=O)c2cc(N3C(=O)CCS3(=O)=O)ccc2Cl)c1. The van der Waals surface area contributed by atoms with Crippen LogP contribution in [0.4, 0.5) is 11.4 Å². The maximum absolute atomic E-state index is 12.5. The van der Waals surface area contributed by atoms with Crippen LogP contribution >= 0.6 is 11.6 Å². The number of hydrogen-bond donors (Lipinski definition) is 2. The van der Waals surface area contributed by atoms with Gasteiger partial charge >= 0.3 is 5.97 Å². The predicted octanol–water partition coefficient (Wildman–Crippen LogP) is 2.36. The molecule has 0 aromatic heterocycles. The Balaban J connectivity index is 1.93. The van der Waals surface area contributed by atoms with Gasteiger partial charge in [0.25, 0.3) is 5.91 Å². The predicted molar refractivity (Wildman–Crippen MR) is 98.7 cm³/mol. The van der Waals surface area contributed by atoms with Crippen LogP contribution in [0.2, 0.25) is 5.02 Å². The van der Waals surface area contributed by atoms with Crippen molar-refractivity contribution in [3.8, 4) is 0 Å². The van der Waals surface area contributed by atoms with Gasteiger partial charge in [-0.3, -0.25) is 9.59 Å². The molecule has 0 unspecified atom stereocenters. The molecule has 0 bridgehead atoms. The molecule has 1 heterocycles. The first-order valence-corrected chi connectivity index (χ1v) is 9.68. The molecular formula is C17H13ClN2O6S. The summed E-state index contributed by atoms with van der Waals surface area (Å²) in [5.74, 6) is -2.70. The fourth-order valence-corrected chi connectivity index (χ4v) is 4.27. The van der Waals surface area contributed by atoms with Gasteiger partial charge in [0.05, 0.1) is 27.6 Å². The maximum Gasteiger partial charge on any atom is 0.335 e. The monoisotopic (exact) mass is 408 g/mol. The molecule has 2 amide bonds. The number of nitrogens with zero attached hydrogens (tertiary/aromatic N) is 1. The number of sulfonamides is 1. The standard InChI is InChI=1S/C17H13ClN2O6S/c18-14-5-4-12(20-15(21)6-7-27(20,25)26)9-13(14)16(22)19-11-3-1-2-10(8-11)17(23)24/h1-5,8-9H,6-7H2,(H,19,22)(H,23,24). The van der Waals surface area contributed by atoms with Crippen LogP contribution in [0.5, 0.6) is 0 Å². The van der Waals surface area contributed by atoms with Crippen molar-refractivity contribution < 1.29 is 27.9 Å². The lowest BCUT2D eigenvalue weighted by atomic mass is 10.1. The van der Waals surface area contributed by atoms with Crippen molar-refractivity contribution in [2.75, 3.05) is 15.4 Å². The largest absolute Gasteiger partial charge is 0.478 e. The lowest BCUT2D eigenvalue weighted by Crippen LogP contribution is -2.29. The summed E-state index contributed by atoms with van der Waals surface area (Å²) in [5.41, 5.74) is 0.184. The third-order valence-electron chi connectivity index (χ3n) is 3.88. The first kappa shape index (κ1) is 18.9. The molecule has 8 nitrogen and oxygen atoms in total. The van der Waals surface area contributed by atoms with Gasteiger partial charge in [0, 0.05) is 12.1 Å². The fourth-order valence-electron chi connectivity index (χ4n) is 2.61. The molecule has 1 aliphatic rings. The summed E-state index contributed by atoms with van der Waals surface area (Å²) < 4.78 is 24.8. The van der Waals surface area contributed by atoms with Crippen LogP contribution in [0.1, 0.15) is 27.1 Å². The Morgan fingerprint density at radius 2 is 1.89 bits per heavy atom. The second-order valence-corrected chi connectivity index (χ2v) is 8.07. The normalized spacial score (nSPS) is 15.6. The molecule has 1 fully saturated rings. The maximum atomic E-state index is 12.5. The summed E-state index contributed by atoms with van der Waals surface area (Å²) >= 11 is 6.05. The number of rotatable bonds is 4. The third kappa shape index (κ3) is 3.79. The zero-order valence-electron chi connectivity index (χ0n) is 13.7. The minimum Gasteiger partial charge on any atom is -0.478 e. The quantitative estimate of drug-likeness (QED) is 0.801. The van der Waals surface area contributed by atoms with E-state index in [1.54, 1.807) is 0 Å². The smallest absolute Gasteiger partial charge is 0.335 e. The molecule has 27 heavy (non-hydrogen) atoms. The second kappa shape index (κ2) is 7.01. The number of carbonyl (C=O) groups excluding carboxylic acids is 2. The van der Waals surface area contributed by atoms with Crippen molar-refractivity contribution in [2.45, 2.75) is 6.42 Å². The molecule has 140 valence electrons. The van der Waals surface area contributed by atoms with E-state index >= 15 is 0 Å². The molecule has 2 aromatic rings. The highest BCUT2D eigenvalue weighted by molar-refractivity contribution is 7.94. The van der Waals surface area contributed by atoms with Crippen LogP contribution in [-0.2, 0) is 14.8 Å². The molecule has 2 aromatic carbocycles. The van der Waals surface area contributed by atoms with E-state index in [4.69, 9.17) is 16.7 Å². The number of amides is 2. The summed E-state index contributed by atoms with van der Waals surface area (Å²) in [6, 6.07) is 9.47. The van der Waals surface area contributed by atoms with Crippen molar-refractivity contribution in [1.82, 2.24) is 0 Å². The van der Waals surface area contributed by atoms with Gasteiger partial charge in [-0.15, -0.1) is 0 Å². The summed E-state index contributed by atoms with van der Waals surface area (Å²) in [5, 5.41) is 11.6. The van der Waals surface area contributed by atoms with Gasteiger partial charge in [-0.2, -0.15) is 0 Å². The summed E-state index contributed by atoms with van der Waals surface area (Å²) in [6.07, 6.45) is -0.130. The summed E-state index contributed by atoms with van der Waals surface area (Å²) in [6.45, 7) is 0. The number of carboxylic acids is 1. The van der Waals surface area contributed by atoms with Gasteiger partial charge in [0.2, 0.25) is 15.9 Å². The number of halogens is 1. The highest BCUT2D eigenvalue weighted by atomic mass is 35.5. The molecule has 1 aliphatic heterocycles. The van der Waals surface area contributed by atoms with Crippen LogP contribution in [0.25, 0.3) is 0 Å². The second-order valence-electron chi connectivity index (χ2n) is 5.73. The van der Waals surface area contributed by atoms with E-state index in [9.17, 15) is 22.8 Å². The molecule has 0 saturated carbocycles. The number of carbonyl (C=O) groups is 3. The summed E-state index contributed by atoms with van der Waals surface area (Å²) in [7, 11) is -3.77. The van der Waals surface area contributed by atoms with Gasteiger partial charge in [-0.1, -0.05) is 17.7 Å². The topological polar surface area (TPSA) is 121 Å². The number of aromatic carboxylic acids is 1. The highest BCUT2D eigenvalue weighted by Crippen LogP contribution is 2.29. The molecule has 0 spiro atoms. The number of carboxylic acid groups (broad SMARTS) is 1. The molecule has 10 heteroatoms. The molecule has 0 radical (unpaired) electrons. The van der Waals surface area contributed by atoms with E-state index in [2.05, 4.69) is 5.32 Å². The Labute approximate surface area is 159 Å². The lowest BCUT2D eigenvalue weighted by molar-refractivity contribution is -0.116. The molecule has 3 rings (SSSR count). The van der Waals surface area contributed by atoms with Crippen LogP contribution in [-0.4, -0.2) is 37.1 Å². The van der Waals surface area contributed by atoms with Crippen molar-refractivity contribution in [1.29, 1.82) is 0 Å². The molecule has 2 N–H and O–H groups in total.